The van der Waals surface area contributed by atoms with E-state index in [0.717, 1.165) is 45.7 Å². The Kier molecular flexibility index (Phi) is 4.58. The monoisotopic (exact) mass is 318 g/mol. The quantitative estimate of drug-likeness (QED) is 0.665. The van der Waals surface area contributed by atoms with Crippen molar-refractivity contribution in [3.63, 3.8) is 0 Å². The molecule has 0 radical (unpaired) electrons. The molecule has 124 valence electrons. The average molecular weight is 318 g/mol. The van der Waals surface area contributed by atoms with Gasteiger partial charge >= 0.3 is 0 Å². The average Bonchev–Trinajstić information content (AvgIpc) is 3.05. The minimum atomic E-state index is -0.433. The molecular formula is C16H22N4O3. The van der Waals surface area contributed by atoms with Gasteiger partial charge in [-0.1, -0.05) is 0 Å². The number of nitro benzene ring substituents is 1. The molecule has 1 N–H and O–H groups in total. The molecule has 1 aromatic carbocycles. The third-order valence-electron chi connectivity index (χ3n) is 4.77. The summed E-state index contributed by atoms with van der Waals surface area (Å²) < 4.78 is 0. The molecule has 0 bridgehead atoms. The normalized spacial score (nSPS) is 22.3. The maximum absolute atomic E-state index is 12.7. The van der Waals surface area contributed by atoms with E-state index in [0.29, 0.717) is 17.2 Å². The number of nitrogens with zero attached hydrogens (tertiary/aromatic N) is 3. The molecule has 7 heteroatoms. The number of amides is 1. The van der Waals surface area contributed by atoms with Crippen molar-refractivity contribution in [1.29, 1.82) is 0 Å². The van der Waals surface area contributed by atoms with Crippen molar-refractivity contribution >= 4 is 11.6 Å². The Morgan fingerprint density at radius 3 is 2.70 bits per heavy atom. The fourth-order valence-corrected chi connectivity index (χ4v) is 3.44. The number of carbonyl (C=O) groups excluding carboxylic acids is 1. The Morgan fingerprint density at radius 1 is 1.30 bits per heavy atom. The number of nitrogens with one attached hydrogen (secondary N) is 1. The van der Waals surface area contributed by atoms with Gasteiger partial charge in [0, 0.05) is 63.0 Å². The van der Waals surface area contributed by atoms with Crippen molar-refractivity contribution in [3.05, 3.63) is 39.4 Å². The Hall–Kier alpha value is -1.99. The largest absolute Gasteiger partial charge is 0.337 e. The molecule has 2 aliphatic rings. The molecule has 0 spiro atoms. The summed E-state index contributed by atoms with van der Waals surface area (Å²) in [5.74, 6) is -0.0185. The van der Waals surface area contributed by atoms with E-state index in [-0.39, 0.29) is 11.6 Å². The zero-order valence-corrected chi connectivity index (χ0v) is 13.3. The Balaban J connectivity index is 1.68. The van der Waals surface area contributed by atoms with Crippen molar-refractivity contribution in [1.82, 2.24) is 15.1 Å². The number of non-ortho nitro benzene ring substituents is 1. The molecule has 0 aromatic heterocycles. The number of rotatable bonds is 3. The number of hydrogen-bond acceptors (Lipinski definition) is 5. The highest BCUT2D eigenvalue weighted by atomic mass is 16.6. The fraction of sp³-hybridized carbons (Fsp3) is 0.562. The van der Waals surface area contributed by atoms with E-state index in [1.807, 2.05) is 4.90 Å². The number of benzene rings is 1. The topological polar surface area (TPSA) is 78.7 Å². The van der Waals surface area contributed by atoms with Gasteiger partial charge in [0.2, 0.25) is 0 Å². The highest BCUT2D eigenvalue weighted by Gasteiger charge is 2.31. The zero-order valence-electron chi connectivity index (χ0n) is 13.3. The standard InChI is InChI=1S/C16H22N4O3/c1-12-10-13(20(22)23)2-3-15(12)16(21)19-7-4-14(11-19)18-8-5-17-6-9-18/h2-3,10,14,17H,4-9,11H2,1H3. The van der Waals surface area contributed by atoms with E-state index in [1.54, 1.807) is 13.0 Å². The highest BCUT2D eigenvalue weighted by molar-refractivity contribution is 5.96. The van der Waals surface area contributed by atoms with Crippen molar-refractivity contribution in [2.75, 3.05) is 39.3 Å². The van der Waals surface area contributed by atoms with Crippen molar-refractivity contribution in [2.45, 2.75) is 19.4 Å². The summed E-state index contributed by atoms with van der Waals surface area (Å²) >= 11 is 0. The van der Waals surface area contributed by atoms with Gasteiger partial charge in [0.1, 0.15) is 0 Å². The van der Waals surface area contributed by atoms with Crippen LogP contribution in [0.1, 0.15) is 22.3 Å². The summed E-state index contributed by atoms with van der Waals surface area (Å²) in [6.45, 7) is 7.33. The van der Waals surface area contributed by atoms with E-state index in [9.17, 15) is 14.9 Å². The Labute approximate surface area is 135 Å². The van der Waals surface area contributed by atoms with Crippen LogP contribution in [-0.4, -0.2) is 65.9 Å². The summed E-state index contributed by atoms with van der Waals surface area (Å²) in [5.41, 5.74) is 1.26. The van der Waals surface area contributed by atoms with Crippen LogP contribution in [0.3, 0.4) is 0 Å². The van der Waals surface area contributed by atoms with E-state index < -0.39 is 4.92 Å². The van der Waals surface area contributed by atoms with Gasteiger partial charge in [0.05, 0.1) is 4.92 Å². The van der Waals surface area contributed by atoms with Crippen molar-refractivity contribution < 1.29 is 9.72 Å². The summed E-state index contributed by atoms with van der Waals surface area (Å²) in [5, 5.41) is 14.2. The van der Waals surface area contributed by atoms with Crippen LogP contribution in [0.25, 0.3) is 0 Å². The van der Waals surface area contributed by atoms with Gasteiger partial charge in [-0.3, -0.25) is 19.8 Å². The number of likely N-dealkylation sites (tertiary alicyclic amines) is 1. The Bertz CT molecular complexity index is 613. The molecule has 3 rings (SSSR count). The molecule has 1 unspecified atom stereocenters. The number of nitro groups is 1. The summed E-state index contributed by atoms with van der Waals surface area (Å²) in [6.07, 6.45) is 0.998. The van der Waals surface area contributed by atoms with Gasteiger partial charge in [-0.15, -0.1) is 0 Å². The molecule has 2 saturated heterocycles. The first kappa shape index (κ1) is 15.9. The maximum atomic E-state index is 12.7. The van der Waals surface area contributed by atoms with Crippen LogP contribution in [0.2, 0.25) is 0 Å². The molecule has 0 saturated carbocycles. The minimum absolute atomic E-state index is 0.0185. The van der Waals surface area contributed by atoms with Gasteiger partial charge in [-0.2, -0.15) is 0 Å². The Morgan fingerprint density at radius 2 is 2.04 bits per heavy atom. The van der Waals surface area contributed by atoms with Crippen LogP contribution in [-0.2, 0) is 0 Å². The molecule has 1 atom stereocenters. The predicted molar refractivity (Wildman–Crippen MR) is 86.6 cm³/mol. The molecule has 23 heavy (non-hydrogen) atoms. The zero-order chi connectivity index (χ0) is 16.4. The molecule has 0 aliphatic carbocycles. The van der Waals surface area contributed by atoms with Gasteiger partial charge in [-0.25, -0.2) is 0 Å². The van der Waals surface area contributed by atoms with Crippen LogP contribution in [0, 0.1) is 17.0 Å². The number of aryl methyl sites for hydroxylation is 1. The van der Waals surface area contributed by atoms with Crippen LogP contribution in [0.15, 0.2) is 18.2 Å². The van der Waals surface area contributed by atoms with E-state index in [1.165, 1.54) is 12.1 Å². The van der Waals surface area contributed by atoms with Crippen LogP contribution >= 0.6 is 0 Å². The van der Waals surface area contributed by atoms with Gasteiger partial charge in [0.25, 0.3) is 11.6 Å². The molecule has 1 aromatic rings. The smallest absolute Gasteiger partial charge is 0.269 e. The highest BCUT2D eigenvalue weighted by Crippen LogP contribution is 2.22. The third-order valence-corrected chi connectivity index (χ3v) is 4.77. The van der Waals surface area contributed by atoms with E-state index in [4.69, 9.17) is 0 Å². The minimum Gasteiger partial charge on any atom is -0.337 e. The first-order valence-electron chi connectivity index (χ1n) is 8.05. The molecule has 7 nitrogen and oxygen atoms in total. The summed E-state index contributed by atoms with van der Waals surface area (Å²) in [4.78, 5) is 27.4. The van der Waals surface area contributed by atoms with Gasteiger partial charge in [-0.05, 0) is 25.0 Å². The lowest BCUT2D eigenvalue weighted by Gasteiger charge is -2.32. The maximum Gasteiger partial charge on any atom is 0.269 e. The molecule has 2 heterocycles. The lowest BCUT2D eigenvalue weighted by molar-refractivity contribution is -0.384. The first-order valence-corrected chi connectivity index (χ1v) is 8.05. The van der Waals surface area contributed by atoms with Crippen LogP contribution in [0.4, 0.5) is 5.69 Å². The van der Waals surface area contributed by atoms with Crippen molar-refractivity contribution in [2.24, 2.45) is 0 Å². The predicted octanol–water partition coefficient (Wildman–Crippen LogP) is 1.02. The number of piperazine rings is 1. The van der Waals surface area contributed by atoms with E-state index in [2.05, 4.69) is 10.2 Å². The van der Waals surface area contributed by atoms with E-state index >= 15 is 0 Å². The fourth-order valence-electron chi connectivity index (χ4n) is 3.44. The van der Waals surface area contributed by atoms with Crippen molar-refractivity contribution in [3.8, 4) is 0 Å². The van der Waals surface area contributed by atoms with Crippen LogP contribution in [0.5, 0.6) is 0 Å². The molecule has 2 aliphatic heterocycles. The second kappa shape index (κ2) is 6.64. The lowest BCUT2D eigenvalue weighted by atomic mass is 10.1. The second-order valence-electron chi connectivity index (χ2n) is 6.24. The van der Waals surface area contributed by atoms with Gasteiger partial charge in [0.15, 0.2) is 0 Å². The molecule has 2 fully saturated rings. The summed E-state index contributed by atoms with van der Waals surface area (Å²) in [6, 6.07) is 4.88. The number of carbonyl (C=O) groups is 1. The first-order chi connectivity index (χ1) is 11.1. The number of hydrogen-bond donors (Lipinski definition) is 1. The molecular weight excluding hydrogens is 296 g/mol. The SMILES string of the molecule is Cc1cc([N+](=O)[O-])ccc1C(=O)N1CCC(N2CCNCC2)C1. The second-order valence-corrected chi connectivity index (χ2v) is 6.24. The summed E-state index contributed by atoms with van der Waals surface area (Å²) in [7, 11) is 0. The third kappa shape index (κ3) is 3.35. The lowest BCUT2D eigenvalue weighted by Crippen LogP contribution is -2.49. The van der Waals surface area contributed by atoms with Gasteiger partial charge < -0.3 is 10.2 Å². The van der Waals surface area contributed by atoms with Crippen LogP contribution < -0.4 is 5.32 Å². The molecule has 1 amide bonds.